The highest BCUT2D eigenvalue weighted by Crippen LogP contribution is 2.51. The van der Waals surface area contributed by atoms with E-state index in [0.717, 1.165) is 61.7 Å². The van der Waals surface area contributed by atoms with Gasteiger partial charge in [0.2, 0.25) is 11.8 Å². The Morgan fingerprint density at radius 1 is 1.16 bits per heavy atom. The number of carbonyl (C=O) groups excluding carboxylic acids is 2. The molecule has 2 aliphatic carbocycles. The van der Waals surface area contributed by atoms with Gasteiger partial charge < -0.3 is 14.8 Å². The Hall–Kier alpha value is -2.45. The number of fused-ring (bicyclic) bond motifs is 3. The van der Waals surface area contributed by atoms with E-state index < -0.39 is 18.9 Å². The van der Waals surface area contributed by atoms with Crippen molar-refractivity contribution in [3.8, 4) is 5.75 Å². The molecular weight excluding hydrogens is 484 g/mol. The molecule has 4 aliphatic rings. The van der Waals surface area contributed by atoms with Crippen LogP contribution in [0.2, 0.25) is 6.32 Å². The van der Waals surface area contributed by atoms with Gasteiger partial charge in [0.1, 0.15) is 0 Å². The van der Waals surface area contributed by atoms with Crippen LogP contribution in [0.1, 0.15) is 83.6 Å². The van der Waals surface area contributed by atoms with E-state index in [1.165, 1.54) is 12.1 Å². The number of nitrogens with zero attached hydrogens (tertiary/aromatic N) is 1. The van der Waals surface area contributed by atoms with Crippen molar-refractivity contribution in [2.45, 2.75) is 96.5 Å². The summed E-state index contributed by atoms with van der Waals surface area (Å²) in [4.78, 5) is 28.8. The summed E-state index contributed by atoms with van der Waals surface area (Å²) in [5.74, 6) is -1.99. The molecule has 0 radical (unpaired) electrons. The molecule has 2 N–H and O–H groups in total. The minimum absolute atomic E-state index is 0.0165. The summed E-state index contributed by atoms with van der Waals surface area (Å²) in [6.07, 6.45) is 10.7. The number of hydrogen-bond acceptors (Lipinski definition) is 5. The number of imide groups is 1. The lowest BCUT2D eigenvalue weighted by molar-refractivity contribution is -0.143. The number of carbonyl (C=O) groups is 2. The van der Waals surface area contributed by atoms with Gasteiger partial charge in [0.25, 0.3) is 0 Å². The van der Waals surface area contributed by atoms with Crippen molar-refractivity contribution in [3.63, 3.8) is 0 Å². The number of likely N-dealkylation sites (tertiary alicyclic amines) is 1. The Morgan fingerprint density at radius 2 is 1.92 bits per heavy atom. The third-order valence-electron chi connectivity index (χ3n) is 9.07. The van der Waals surface area contributed by atoms with Crippen LogP contribution >= 0.6 is 0 Å². The molecular formula is C30H39BFNO5. The minimum atomic E-state index is -0.975. The number of phenols is 1. The smallest absolute Gasteiger partial charge is 0.455 e. The maximum atomic E-state index is 13.9. The second kappa shape index (κ2) is 11.3. The van der Waals surface area contributed by atoms with Crippen molar-refractivity contribution in [2.75, 3.05) is 0 Å². The van der Waals surface area contributed by atoms with Gasteiger partial charge in [0.05, 0.1) is 17.9 Å². The van der Waals surface area contributed by atoms with Crippen LogP contribution in [-0.2, 0) is 14.2 Å². The fourth-order valence-electron chi connectivity index (χ4n) is 7.40. The van der Waals surface area contributed by atoms with Crippen LogP contribution in [0.15, 0.2) is 34.9 Å². The lowest BCUT2D eigenvalue weighted by Crippen LogP contribution is -2.46. The topological polar surface area (TPSA) is 87.1 Å². The van der Waals surface area contributed by atoms with Crippen LogP contribution in [0.4, 0.5) is 4.39 Å². The number of aromatic hydroxyl groups is 1. The Bertz CT molecular complexity index is 1140. The molecule has 3 fully saturated rings. The van der Waals surface area contributed by atoms with Crippen LogP contribution in [0.3, 0.4) is 0 Å². The first-order valence-electron chi connectivity index (χ1n) is 14.4. The Labute approximate surface area is 225 Å². The molecule has 0 aromatic heterocycles. The summed E-state index contributed by atoms with van der Waals surface area (Å²) < 4.78 is 19.9. The largest absolute Gasteiger partial charge is 0.505 e. The standard InChI is InChI=1S/C30H39BFNO5/c1-3-7-19(15-20-10-12-25(34)24(32)16-20)11-13-26-27-18(2)14-22-28(23(27)17-31(37)38-26)30(36)33(29(22)35)21-8-5-4-6-9-21/h10,12,15-16,21-23,26,28,34,37H,3-9,11,13-14,17H2,1-2H3/b19-15+/t22-,23+,26-,28-/m1/s1. The first-order valence-corrected chi connectivity index (χ1v) is 14.4. The van der Waals surface area contributed by atoms with Crippen LogP contribution in [0.5, 0.6) is 5.75 Å². The third kappa shape index (κ3) is 5.22. The lowest BCUT2D eigenvalue weighted by Gasteiger charge is -2.42. The molecule has 0 spiro atoms. The molecule has 0 unspecified atom stereocenters. The van der Waals surface area contributed by atoms with E-state index in [2.05, 4.69) is 13.8 Å². The summed E-state index contributed by atoms with van der Waals surface area (Å²) in [7, 11) is -0.975. The number of hydrogen-bond donors (Lipinski definition) is 2. The van der Waals surface area contributed by atoms with E-state index in [9.17, 15) is 24.1 Å². The van der Waals surface area contributed by atoms with Crippen LogP contribution in [-0.4, -0.2) is 46.1 Å². The van der Waals surface area contributed by atoms with Crippen molar-refractivity contribution in [2.24, 2.45) is 17.8 Å². The molecule has 2 saturated heterocycles. The molecule has 2 amide bonds. The van der Waals surface area contributed by atoms with Gasteiger partial charge in [-0.05, 0) is 81.0 Å². The second-order valence-electron chi connectivity index (χ2n) is 11.6. The zero-order valence-electron chi connectivity index (χ0n) is 22.5. The van der Waals surface area contributed by atoms with Crippen molar-refractivity contribution >= 4 is 25.0 Å². The number of allylic oxidation sites excluding steroid dienone is 2. The summed E-state index contributed by atoms with van der Waals surface area (Å²) in [6, 6.07) is 4.40. The maximum absolute atomic E-state index is 13.9. The van der Waals surface area contributed by atoms with Gasteiger partial charge in [-0.1, -0.05) is 55.9 Å². The van der Waals surface area contributed by atoms with Gasteiger partial charge in [0.15, 0.2) is 11.6 Å². The Morgan fingerprint density at radius 3 is 2.63 bits per heavy atom. The molecule has 2 aliphatic heterocycles. The lowest BCUT2D eigenvalue weighted by atomic mass is 9.58. The molecule has 1 saturated carbocycles. The summed E-state index contributed by atoms with van der Waals surface area (Å²) in [5, 5.41) is 20.2. The molecule has 4 atom stereocenters. The molecule has 1 aromatic rings. The summed E-state index contributed by atoms with van der Waals surface area (Å²) in [5.41, 5.74) is 4.04. The Balaban J connectivity index is 1.36. The monoisotopic (exact) mass is 523 g/mol. The zero-order chi connectivity index (χ0) is 27.0. The van der Waals surface area contributed by atoms with E-state index in [0.29, 0.717) is 31.1 Å². The number of halogens is 1. The fraction of sp³-hybridized carbons (Fsp3) is 0.600. The fourth-order valence-corrected chi connectivity index (χ4v) is 7.40. The van der Waals surface area contributed by atoms with Crippen LogP contribution in [0.25, 0.3) is 6.08 Å². The predicted molar refractivity (Wildman–Crippen MR) is 144 cm³/mol. The van der Waals surface area contributed by atoms with Gasteiger partial charge in [-0.3, -0.25) is 14.5 Å². The van der Waals surface area contributed by atoms with Crippen LogP contribution in [0, 0.1) is 23.6 Å². The van der Waals surface area contributed by atoms with E-state index in [-0.39, 0.29) is 41.5 Å². The van der Waals surface area contributed by atoms with Gasteiger partial charge in [0, 0.05) is 6.04 Å². The molecule has 1 aromatic carbocycles. The summed E-state index contributed by atoms with van der Waals surface area (Å²) >= 11 is 0. The minimum Gasteiger partial charge on any atom is -0.505 e. The molecule has 0 bridgehead atoms. The summed E-state index contributed by atoms with van der Waals surface area (Å²) in [6.45, 7) is 4.15. The first-order chi connectivity index (χ1) is 18.3. The molecule has 6 nitrogen and oxygen atoms in total. The molecule has 38 heavy (non-hydrogen) atoms. The van der Waals surface area contributed by atoms with E-state index in [4.69, 9.17) is 4.65 Å². The van der Waals surface area contributed by atoms with Crippen molar-refractivity contribution < 1.29 is 28.8 Å². The zero-order valence-corrected chi connectivity index (χ0v) is 22.5. The quantitative estimate of drug-likeness (QED) is 0.274. The highest BCUT2D eigenvalue weighted by Gasteiger charge is 2.57. The SMILES string of the molecule is CCC/C(=C\c1ccc(O)c(F)c1)CC[C@H]1OB(O)C[C@H]2C1=C(C)C[C@H]1C(=O)N(C3CCCCC3)C(=O)[C@H]12. The number of amides is 2. The molecule has 2 heterocycles. The van der Waals surface area contributed by atoms with E-state index in [1.807, 2.05) is 6.08 Å². The van der Waals surface area contributed by atoms with E-state index >= 15 is 0 Å². The van der Waals surface area contributed by atoms with Gasteiger partial charge in [-0.15, -0.1) is 0 Å². The normalized spacial score (nSPS) is 28.7. The van der Waals surface area contributed by atoms with Gasteiger partial charge in [-0.2, -0.15) is 0 Å². The molecule has 8 heteroatoms. The highest BCUT2D eigenvalue weighted by atomic mass is 19.1. The molecule has 204 valence electrons. The second-order valence-corrected chi connectivity index (χ2v) is 11.6. The highest BCUT2D eigenvalue weighted by molar-refractivity contribution is 6.43. The molecule has 5 rings (SSSR count). The van der Waals surface area contributed by atoms with Crippen LogP contribution < -0.4 is 0 Å². The van der Waals surface area contributed by atoms with Crippen molar-refractivity contribution in [1.29, 1.82) is 0 Å². The Kier molecular flexibility index (Phi) is 8.10. The average molecular weight is 523 g/mol. The maximum Gasteiger partial charge on any atom is 0.455 e. The van der Waals surface area contributed by atoms with Crippen molar-refractivity contribution in [1.82, 2.24) is 4.90 Å². The third-order valence-corrected chi connectivity index (χ3v) is 9.07. The number of rotatable bonds is 7. The van der Waals surface area contributed by atoms with Crippen molar-refractivity contribution in [3.05, 3.63) is 46.3 Å². The number of phenolic OH excluding ortho intramolecular Hbond substituents is 1. The van der Waals surface area contributed by atoms with Gasteiger partial charge >= 0.3 is 7.12 Å². The van der Waals surface area contributed by atoms with E-state index in [1.54, 1.807) is 11.0 Å². The average Bonchev–Trinajstić information content (AvgIpc) is 3.14. The number of benzene rings is 1. The van der Waals surface area contributed by atoms with Gasteiger partial charge in [-0.25, -0.2) is 4.39 Å². The first kappa shape index (κ1) is 27.1. The predicted octanol–water partition coefficient (Wildman–Crippen LogP) is 5.64.